The van der Waals surface area contributed by atoms with Gasteiger partial charge in [0.2, 0.25) is 5.91 Å². The van der Waals surface area contributed by atoms with Crippen LogP contribution < -0.4 is 14.4 Å². The molecule has 1 aromatic heterocycles. The first kappa shape index (κ1) is 21.2. The summed E-state index contributed by atoms with van der Waals surface area (Å²) in [7, 11) is 0. The predicted molar refractivity (Wildman–Crippen MR) is 135 cm³/mol. The van der Waals surface area contributed by atoms with Crippen molar-refractivity contribution in [2.24, 2.45) is 0 Å². The lowest BCUT2D eigenvalue weighted by Gasteiger charge is -2.36. The Balaban J connectivity index is 1.24. The summed E-state index contributed by atoms with van der Waals surface area (Å²) < 4.78 is 11.3. The van der Waals surface area contributed by atoms with Gasteiger partial charge in [-0.2, -0.15) is 0 Å². The highest BCUT2D eigenvalue weighted by molar-refractivity contribution is 6.22. The second-order valence-corrected chi connectivity index (χ2v) is 9.57. The number of H-pyrrole nitrogens is 1. The number of amides is 2. The quantitative estimate of drug-likeness (QED) is 0.446. The molecule has 0 saturated carbocycles. The smallest absolute Gasteiger partial charge is 0.251 e. The van der Waals surface area contributed by atoms with E-state index in [9.17, 15) is 9.59 Å². The lowest BCUT2D eigenvalue weighted by atomic mass is 9.85. The largest absolute Gasteiger partial charge is 0.486 e. The van der Waals surface area contributed by atoms with Gasteiger partial charge in [0.25, 0.3) is 5.91 Å². The fourth-order valence-electron chi connectivity index (χ4n) is 5.87. The third-order valence-electron chi connectivity index (χ3n) is 7.50. The van der Waals surface area contributed by atoms with Crippen LogP contribution in [0, 0.1) is 0 Å². The van der Waals surface area contributed by atoms with Crippen LogP contribution in [0.5, 0.6) is 11.5 Å². The van der Waals surface area contributed by atoms with Crippen LogP contribution in [0.3, 0.4) is 0 Å². The minimum atomic E-state index is -0.517. The summed E-state index contributed by atoms with van der Waals surface area (Å²) in [4.78, 5) is 33.9. The fourth-order valence-corrected chi connectivity index (χ4v) is 5.87. The number of nitrogens with zero attached hydrogens (tertiary/aromatic N) is 2. The molecule has 36 heavy (non-hydrogen) atoms. The van der Waals surface area contributed by atoms with E-state index >= 15 is 0 Å². The molecular formula is C29H25N3O4. The lowest BCUT2D eigenvalue weighted by molar-refractivity contribution is -0.123. The van der Waals surface area contributed by atoms with Crippen molar-refractivity contribution in [1.29, 1.82) is 0 Å². The molecule has 1 fully saturated rings. The van der Waals surface area contributed by atoms with E-state index in [1.165, 1.54) is 21.4 Å². The summed E-state index contributed by atoms with van der Waals surface area (Å²) in [5, 5.41) is 1.22. The van der Waals surface area contributed by atoms with Gasteiger partial charge in [-0.05, 0) is 29.3 Å². The van der Waals surface area contributed by atoms with Gasteiger partial charge in [0, 0.05) is 41.7 Å². The number of imide groups is 1. The van der Waals surface area contributed by atoms with Gasteiger partial charge in [0.1, 0.15) is 13.2 Å². The molecule has 4 aromatic rings. The zero-order chi connectivity index (χ0) is 24.2. The van der Waals surface area contributed by atoms with Crippen molar-refractivity contribution >= 4 is 28.4 Å². The van der Waals surface area contributed by atoms with E-state index in [0.29, 0.717) is 43.5 Å². The normalized spacial score (nSPS) is 21.7. The topological polar surface area (TPSA) is 74.9 Å². The maximum atomic E-state index is 13.7. The van der Waals surface area contributed by atoms with Crippen LogP contribution in [0.4, 0.5) is 5.69 Å². The molecule has 2 atom stereocenters. The van der Waals surface area contributed by atoms with Gasteiger partial charge in [0.05, 0.1) is 18.2 Å². The number of rotatable bonds is 3. The SMILES string of the molecule is O=C1C[C@H](N2Cc3[nH]c4ccccc4c3[C@@H](c3ccccc3)C2)C(=O)N1c1ccc2c(c1)OCCO2. The van der Waals surface area contributed by atoms with Gasteiger partial charge in [-0.3, -0.25) is 14.5 Å². The molecule has 1 saturated heterocycles. The van der Waals surface area contributed by atoms with Crippen LogP contribution in [-0.2, 0) is 16.1 Å². The first-order chi connectivity index (χ1) is 17.7. The Labute approximate surface area is 208 Å². The second-order valence-electron chi connectivity index (χ2n) is 9.57. The van der Waals surface area contributed by atoms with E-state index in [4.69, 9.17) is 9.47 Å². The number of aromatic amines is 1. The molecule has 7 heteroatoms. The molecule has 4 heterocycles. The number of anilines is 1. The average Bonchev–Trinajstić information content (AvgIpc) is 3.44. The third-order valence-corrected chi connectivity index (χ3v) is 7.50. The molecule has 0 aliphatic carbocycles. The number of aromatic nitrogens is 1. The summed E-state index contributed by atoms with van der Waals surface area (Å²) in [5.74, 6) is 0.905. The third kappa shape index (κ3) is 3.31. The zero-order valence-electron chi connectivity index (χ0n) is 19.6. The highest BCUT2D eigenvalue weighted by Crippen LogP contribution is 2.41. The summed E-state index contributed by atoms with van der Waals surface area (Å²) in [5.41, 5.74) is 5.22. The predicted octanol–water partition coefficient (Wildman–Crippen LogP) is 4.22. The van der Waals surface area contributed by atoms with Crippen LogP contribution in [0.1, 0.15) is 29.2 Å². The fraction of sp³-hybridized carbons (Fsp3) is 0.241. The minimum absolute atomic E-state index is 0.0948. The van der Waals surface area contributed by atoms with Crippen molar-refractivity contribution < 1.29 is 19.1 Å². The lowest BCUT2D eigenvalue weighted by Crippen LogP contribution is -2.45. The number of carbonyl (C=O) groups excluding carboxylic acids is 2. The average molecular weight is 480 g/mol. The number of nitrogens with one attached hydrogen (secondary N) is 1. The van der Waals surface area contributed by atoms with E-state index in [0.717, 1.165) is 11.2 Å². The second kappa shape index (κ2) is 8.24. The van der Waals surface area contributed by atoms with Crippen LogP contribution >= 0.6 is 0 Å². The Morgan fingerprint density at radius 1 is 0.861 bits per heavy atom. The summed E-state index contributed by atoms with van der Waals surface area (Å²) in [6, 6.07) is 23.5. The van der Waals surface area contributed by atoms with Gasteiger partial charge in [-0.15, -0.1) is 0 Å². The van der Waals surface area contributed by atoms with Crippen molar-refractivity contribution in [3.05, 3.63) is 89.6 Å². The van der Waals surface area contributed by atoms with Crippen molar-refractivity contribution in [3.63, 3.8) is 0 Å². The molecule has 1 N–H and O–H groups in total. The number of hydrogen-bond donors (Lipinski definition) is 1. The summed E-state index contributed by atoms with van der Waals surface area (Å²) in [6.07, 6.45) is 0.157. The number of carbonyl (C=O) groups is 2. The summed E-state index contributed by atoms with van der Waals surface area (Å²) in [6.45, 7) is 2.19. The molecule has 0 radical (unpaired) electrons. The molecule has 7 rings (SSSR count). The van der Waals surface area contributed by atoms with Crippen LogP contribution in [-0.4, -0.2) is 47.5 Å². The Bertz CT molecular complexity index is 1500. The minimum Gasteiger partial charge on any atom is -0.486 e. The maximum Gasteiger partial charge on any atom is 0.251 e. The first-order valence-corrected chi connectivity index (χ1v) is 12.3. The van der Waals surface area contributed by atoms with Gasteiger partial charge in [-0.25, -0.2) is 4.90 Å². The Morgan fingerprint density at radius 3 is 2.50 bits per heavy atom. The molecule has 180 valence electrons. The molecule has 7 nitrogen and oxygen atoms in total. The highest BCUT2D eigenvalue weighted by atomic mass is 16.6. The number of benzene rings is 3. The Hall–Kier alpha value is -4.10. The standard InChI is InChI=1S/C29H25N3O4/c33-27-15-24(29(34)32(27)19-10-11-25-26(14-19)36-13-12-35-25)31-16-21(18-6-2-1-3-7-18)28-20-8-4-5-9-22(20)30-23(28)17-31/h1-11,14,21,24,30H,12-13,15-17H2/t21-,24+/m1/s1. The van der Waals surface area contributed by atoms with Crippen molar-refractivity contribution in [2.45, 2.75) is 24.9 Å². The molecular weight excluding hydrogens is 454 g/mol. The van der Waals surface area contributed by atoms with Crippen molar-refractivity contribution in [1.82, 2.24) is 9.88 Å². The van der Waals surface area contributed by atoms with E-state index in [1.54, 1.807) is 18.2 Å². The van der Waals surface area contributed by atoms with E-state index < -0.39 is 6.04 Å². The monoisotopic (exact) mass is 479 g/mol. The number of fused-ring (bicyclic) bond motifs is 4. The van der Waals surface area contributed by atoms with Gasteiger partial charge in [0.15, 0.2) is 11.5 Å². The van der Waals surface area contributed by atoms with E-state index in [2.05, 4.69) is 52.3 Å². The van der Waals surface area contributed by atoms with Gasteiger partial charge < -0.3 is 14.5 Å². The first-order valence-electron chi connectivity index (χ1n) is 12.3. The molecule has 2 amide bonds. The molecule has 3 aromatic carbocycles. The molecule has 3 aliphatic heterocycles. The Morgan fingerprint density at radius 2 is 1.64 bits per heavy atom. The van der Waals surface area contributed by atoms with Crippen LogP contribution in [0.2, 0.25) is 0 Å². The molecule has 0 bridgehead atoms. The number of ether oxygens (including phenoxy) is 2. The zero-order valence-corrected chi connectivity index (χ0v) is 19.6. The van der Waals surface area contributed by atoms with E-state index in [1.807, 2.05) is 12.1 Å². The molecule has 0 unspecified atom stereocenters. The van der Waals surface area contributed by atoms with Gasteiger partial charge in [-0.1, -0.05) is 48.5 Å². The van der Waals surface area contributed by atoms with E-state index in [-0.39, 0.29) is 24.2 Å². The summed E-state index contributed by atoms with van der Waals surface area (Å²) >= 11 is 0. The van der Waals surface area contributed by atoms with Crippen molar-refractivity contribution in [3.8, 4) is 11.5 Å². The maximum absolute atomic E-state index is 13.7. The number of hydrogen-bond acceptors (Lipinski definition) is 5. The molecule has 3 aliphatic rings. The number of para-hydroxylation sites is 1. The van der Waals surface area contributed by atoms with Crippen LogP contribution in [0.25, 0.3) is 10.9 Å². The molecule has 0 spiro atoms. The van der Waals surface area contributed by atoms with Crippen LogP contribution in [0.15, 0.2) is 72.8 Å². The van der Waals surface area contributed by atoms with Gasteiger partial charge >= 0.3 is 0 Å². The highest BCUT2D eigenvalue weighted by Gasteiger charge is 2.45. The van der Waals surface area contributed by atoms with Crippen molar-refractivity contribution in [2.75, 3.05) is 24.7 Å². The Kier molecular flexibility index (Phi) is 4.85.